The molecule has 0 aliphatic rings. The van der Waals surface area contributed by atoms with Crippen LogP contribution in [-0.2, 0) is 9.53 Å². The molecule has 1 aromatic heterocycles. The van der Waals surface area contributed by atoms with Crippen molar-refractivity contribution in [3.8, 4) is 0 Å². The van der Waals surface area contributed by atoms with Crippen LogP contribution in [0, 0.1) is 0 Å². The number of halogens is 1. The van der Waals surface area contributed by atoms with E-state index >= 15 is 0 Å². The third kappa shape index (κ3) is 5.47. The zero-order chi connectivity index (χ0) is 17.4. The van der Waals surface area contributed by atoms with Crippen molar-refractivity contribution in [1.82, 2.24) is 10.1 Å². The highest BCUT2D eigenvalue weighted by molar-refractivity contribution is 9.10. The van der Waals surface area contributed by atoms with Crippen molar-refractivity contribution in [2.75, 3.05) is 32.1 Å². The van der Waals surface area contributed by atoms with Gasteiger partial charge in [-0.1, -0.05) is 27.2 Å². The van der Waals surface area contributed by atoms with E-state index in [0.29, 0.717) is 31.0 Å². The number of nitrogens with zero attached hydrogens (tertiary/aromatic N) is 2. The van der Waals surface area contributed by atoms with Crippen LogP contribution in [0.3, 0.4) is 0 Å². The zero-order valence-electron chi connectivity index (χ0n) is 13.2. The van der Waals surface area contributed by atoms with Gasteiger partial charge in [0.25, 0.3) is 5.91 Å². The van der Waals surface area contributed by atoms with Crippen molar-refractivity contribution in [2.45, 2.75) is 6.42 Å². The van der Waals surface area contributed by atoms with Crippen LogP contribution in [0.25, 0.3) is 0 Å². The number of carbonyl (C=O) groups is 2. The Hall–Kier alpha value is -2.19. The number of hydrogen-bond donors (Lipinski definition) is 1. The van der Waals surface area contributed by atoms with Gasteiger partial charge in [-0.25, -0.2) is 0 Å². The first-order valence-electron chi connectivity index (χ1n) is 7.34. The molecule has 0 radical (unpaired) electrons. The topological polar surface area (TPSA) is 84.7 Å². The van der Waals surface area contributed by atoms with E-state index in [2.05, 4.69) is 30.9 Å². The first-order chi connectivity index (χ1) is 11.6. The van der Waals surface area contributed by atoms with Gasteiger partial charge in [-0.3, -0.25) is 9.59 Å². The van der Waals surface area contributed by atoms with Crippen LogP contribution >= 0.6 is 15.9 Å². The quantitative estimate of drug-likeness (QED) is 0.694. The van der Waals surface area contributed by atoms with Crippen LogP contribution in [0.4, 0.5) is 5.82 Å². The Labute approximate surface area is 148 Å². The van der Waals surface area contributed by atoms with Gasteiger partial charge in [-0.15, -0.1) is 0 Å². The summed E-state index contributed by atoms with van der Waals surface area (Å²) in [6, 6.07) is 8.58. The highest BCUT2D eigenvalue weighted by Crippen LogP contribution is 2.14. The molecule has 0 unspecified atom stereocenters. The fraction of sp³-hybridized carbons (Fsp3) is 0.312. The molecule has 24 heavy (non-hydrogen) atoms. The van der Waals surface area contributed by atoms with Gasteiger partial charge in [0.2, 0.25) is 5.91 Å². The maximum absolute atomic E-state index is 12.7. The Bertz CT molecular complexity index is 676. The summed E-state index contributed by atoms with van der Waals surface area (Å²) in [6.45, 7) is 0.834. The summed E-state index contributed by atoms with van der Waals surface area (Å²) >= 11 is 3.35. The lowest BCUT2D eigenvalue weighted by Crippen LogP contribution is -2.39. The molecule has 0 bridgehead atoms. The van der Waals surface area contributed by atoms with E-state index in [1.54, 1.807) is 25.3 Å². The normalized spacial score (nSPS) is 10.4. The predicted molar refractivity (Wildman–Crippen MR) is 91.7 cm³/mol. The fourth-order valence-corrected chi connectivity index (χ4v) is 2.49. The van der Waals surface area contributed by atoms with Crippen molar-refractivity contribution in [1.29, 1.82) is 0 Å². The molecule has 0 fully saturated rings. The van der Waals surface area contributed by atoms with Gasteiger partial charge in [0.1, 0.15) is 12.8 Å². The summed E-state index contributed by atoms with van der Waals surface area (Å²) in [5.41, 5.74) is 0.510. The lowest BCUT2D eigenvalue weighted by atomic mass is 10.2. The molecule has 2 aromatic rings. The summed E-state index contributed by atoms with van der Waals surface area (Å²) < 4.78 is 10.5. The monoisotopic (exact) mass is 395 g/mol. The predicted octanol–water partition coefficient (Wildman–Crippen LogP) is 2.55. The highest BCUT2D eigenvalue weighted by atomic mass is 79.9. The molecule has 128 valence electrons. The van der Waals surface area contributed by atoms with Gasteiger partial charge < -0.3 is 19.5 Å². The first-order valence-corrected chi connectivity index (χ1v) is 8.13. The molecule has 1 N–H and O–H groups in total. The maximum atomic E-state index is 12.7. The average molecular weight is 396 g/mol. The lowest BCUT2D eigenvalue weighted by molar-refractivity contribution is -0.117. The van der Waals surface area contributed by atoms with Gasteiger partial charge in [0, 0.05) is 36.4 Å². The second-order valence-corrected chi connectivity index (χ2v) is 5.93. The highest BCUT2D eigenvalue weighted by Gasteiger charge is 2.19. The lowest BCUT2D eigenvalue weighted by Gasteiger charge is -2.22. The van der Waals surface area contributed by atoms with E-state index in [9.17, 15) is 9.59 Å². The van der Waals surface area contributed by atoms with E-state index in [4.69, 9.17) is 4.74 Å². The third-order valence-electron chi connectivity index (χ3n) is 3.18. The summed E-state index contributed by atoms with van der Waals surface area (Å²) in [6.07, 6.45) is 1.99. The average Bonchev–Trinajstić information content (AvgIpc) is 3.06. The number of anilines is 1. The van der Waals surface area contributed by atoms with Gasteiger partial charge in [-0.2, -0.15) is 0 Å². The van der Waals surface area contributed by atoms with Crippen molar-refractivity contribution in [3.63, 3.8) is 0 Å². The molecule has 0 spiro atoms. The molecule has 1 heterocycles. The van der Waals surface area contributed by atoms with Crippen LogP contribution in [0.2, 0.25) is 0 Å². The second-order valence-electron chi connectivity index (χ2n) is 5.02. The number of carbonyl (C=O) groups excluding carboxylic acids is 2. The largest absolute Gasteiger partial charge is 0.385 e. The SMILES string of the molecule is COCCCN(CC(=O)Nc1ccon1)C(=O)c1cccc(Br)c1. The van der Waals surface area contributed by atoms with E-state index in [1.165, 1.54) is 17.2 Å². The number of nitrogens with one attached hydrogen (secondary N) is 1. The maximum Gasteiger partial charge on any atom is 0.254 e. The standard InChI is InChI=1S/C16H18BrN3O4/c1-23-8-3-7-20(11-15(21)18-14-6-9-24-19-14)16(22)12-4-2-5-13(17)10-12/h2,4-6,9-10H,3,7-8,11H2,1H3,(H,18,19,21). The molecule has 1 aromatic carbocycles. The Morgan fingerprint density at radius 2 is 2.21 bits per heavy atom. The van der Waals surface area contributed by atoms with Gasteiger partial charge in [0.15, 0.2) is 5.82 Å². The molecule has 0 saturated carbocycles. The Morgan fingerprint density at radius 1 is 1.38 bits per heavy atom. The minimum absolute atomic E-state index is 0.0814. The summed E-state index contributed by atoms with van der Waals surface area (Å²) in [5, 5.41) is 6.20. The van der Waals surface area contributed by atoms with E-state index in [-0.39, 0.29) is 18.4 Å². The molecule has 2 amide bonds. The number of aromatic nitrogens is 1. The Balaban J connectivity index is 2.05. The third-order valence-corrected chi connectivity index (χ3v) is 3.67. The molecule has 0 saturated heterocycles. The zero-order valence-corrected chi connectivity index (χ0v) is 14.8. The van der Waals surface area contributed by atoms with Crippen LogP contribution in [0.15, 0.2) is 45.6 Å². The summed E-state index contributed by atoms with van der Waals surface area (Å²) in [7, 11) is 1.59. The Kier molecular flexibility index (Phi) is 6.95. The number of benzene rings is 1. The minimum Gasteiger partial charge on any atom is -0.385 e. The van der Waals surface area contributed by atoms with Crippen molar-refractivity contribution in [2.24, 2.45) is 0 Å². The van der Waals surface area contributed by atoms with E-state index in [0.717, 1.165) is 4.47 Å². The van der Waals surface area contributed by atoms with Gasteiger partial charge in [-0.05, 0) is 24.6 Å². The molecule has 8 heteroatoms. The molecule has 0 atom stereocenters. The van der Waals surface area contributed by atoms with Crippen LogP contribution in [0.5, 0.6) is 0 Å². The van der Waals surface area contributed by atoms with Gasteiger partial charge in [0.05, 0.1) is 0 Å². The number of ether oxygens (including phenoxy) is 1. The minimum atomic E-state index is -0.343. The summed E-state index contributed by atoms with van der Waals surface area (Å²) in [4.78, 5) is 26.3. The van der Waals surface area contributed by atoms with E-state index in [1.807, 2.05) is 6.07 Å². The number of hydrogen-bond acceptors (Lipinski definition) is 5. The summed E-state index contributed by atoms with van der Waals surface area (Å²) in [5.74, 6) is -0.251. The first kappa shape index (κ1) is 18.2. The van der Waals surface area contributed by atoms with Crippen LogP contribution < -0.4 is 5.32 Å². The van der Waals surface area contributed by atoms with Crippen molar-refractivity contribution < 1.29 is 18.8 Å². The molecular formula is C16H18BrN3O4. The Morgan fingerprint density at radius 3 is 2.88 bits per heavy atom. The number of amides is 2. The molecule has 0 aliphatic heterocycles. The second kappa shape index (κ2) is 9.19. The number of rotatable bonds is 8. The molecule has 0 aliphatic carbocycles. The molecule has 2 rings (SSSR count). The van der Waals surface area contributed by atoms with Crippen molar-refractivity contribution in [3.05, 3.63) is 46.6 Å². The van der Waals surface area contributed by atoms with Crippen LogP contribution in [0.1, 0.15) is 16.8 Å². The van der Waals surface area contributed by atoms with E-state index < -0.39 is 0 Å². The van der Waals surface area contributed by atoms with Crippen molar-refractivity contribution >= 4 is 33.6 Å². The molecule has 7 nitrogen and oxygen atoms in total. The fourth-order valence-electron chi connectivity index (χ4n) is 2.09. The number of methoxy groups -OCH3 is 1. The van der Waals surface area contributed by atoms with Gasteiger partial charge >= 0.3 is 0 Å². The smallest absolute Gasteiger partial charge is 0.254 e. The van der Waals surface area contributed by atoms with Crippen LogP contribution in [-0.4, -0.2) is 48.7 Å². The molecular weight excluding hydrogens is 378 g/mol.